The van der Waals surface area contributed by atoms with E-state index in [4.69, 9.17) is 9.97 Å². The third kappa shape index (κ3) is 3.32. The Morgan fingerprint density at radius 2 is 1.46 bits per heavy atom. The van der Waals surface area contributed by atoms with Crippen LogP contribution in [0.1, 0.15) is 11.1 Å². The van der Waals surface area contributed by atoms with Crippen LogP contribution in [0.2, 0.25) is 0 Å². The lowest BCUT2D eigenvalue weighted by Gasteiger charge is -2.09. The number of aromatic nitrogens is 3. The third-order valence-electron chi connectivity index (χ3n) is 7.79. The van der Waals surface area contributed by atoms with Gasteiger partial charge in [-0.25, -0.2) is 9.97 Å². The van der Waals surface area contributed by atoms with Crippen LogP contribution in [-0.4, -0.2) is 19.6 Å². The summed E-state index contributed by atoms with van der Waals surface area (Å²) in [5.41, 5.74) is 11.0. The Balaban J connectivity index is 1.40. The van der Waals surface area contributed by atoms with E-state index in [1.165, 1.54) is 33.0 Å². The van der Waals surface area contributed by atoms with Crippen molar-refractivity contribution in [3.05, 3.63) is 133 Å². The van der Waals surface area contributed by atoms with Gasteiger partial charge in [-0.3, -0.25) is 4.57 Å². The Hall–Kier alpha value is -5.22. The molecular formula is C35H23N3O. The van der Waals surface area contributed by atoms with Crippen molar-refractivity contribution in [2.24, 2.45) is 0 Å². The van der Waals surface area contributed by atoms with Crippen LogP contribution in [0.4, 0.5) is 0 Å². The van der Waals surface area contributed by atoms with Crippen molar-refractivity contribution >= 4 is 21.8 Å². The van der Waals surface area contributed by atoms with Crippen LogP contribution in [0, 0.1) is 0 Å². The molecule has 0 bridgehead atoms. The van der Waals surface area contributed by atoms with Gasteiger partial charge in [0.15, 0.2) is 0 Å². The number of hydrogen-bond acceptors (Lipinski definition) is 3. The van der Waals surface area contributed by atoms with Gasteiger partial charge in [0.25, 0.3) is 0 Å². The molecule has 0 saturated carbocycles. The first-order valence-electron chi connectivity index (χ1n) is 13.1. The number of pyridine rings is 2. The number of aromatic hydroxyl groups is 1. The lowest BCUT2D eigenvalue weighted by molar-refractivity contribution is 0.477. The van der Waals surface area contributed by atoms with Gasteiger partial charge in [0.05, 0.1) is 22.4 Å². The summed E-state index contributed by atoms with van der Waals surface area (Å²) < 4.78 is 2.27. The molecule has 1 N–H and O–H groups in total. The monoisotopic (exact) mass is 501 g/mol. The van der Waals surface area contributed by atoms with E-state index in [0.29, 0.717) is 0 Å². The minimum Gasteiger partial charge on any atom is -0.507 e. The molecule has 3 heterocycles. The fourth-order valence-corrected chi connectivity index (χ4v) is 6.06. The van der Waals surface area contributed by atoms with Crippen LogP contribution in [0.3, 0.4) is 0 Å². The number of phenols is 1. The number of nitrogens with zero attached hydrogens (tertiary/aromatic N) is 3. The zero-order valence-electron chi connectivity index (χ0n) is 21.0. The molecule has 0 atom stereocenters. The van der Waals surface area contributed by atoms with E-state index in [-0.39, 0.29) is 5.75 Å². The van der Waals surface area contributed by atoms with Crippen LogP contribution < -0.4 is 0 Å². The van der Waals surface area contributed by atoms with Gasteiger partial charge in [-0.15, -0.1) is 0 Å². The van der Waals surface area contributed by atoms with Crippen LogP contribution in [-0.2, 0) is 6.42 Å². The standard InChI is InChI=1S/C35H23N3O/c39-32-13-4-3-10-26(32)29-12-7-11-28(37-29)23-15-17-27-31(21-23)38(33-14-5-6-19-36-33)30-18-16-24-20-22-8-1-2-9-25(22)34(24)35(27)30/h1-19,21,39H,20H2. The van der Waals surface area contributed by atoms with Crippen molar-refractivity contribution in [3.8, 4) is 45.2 Å². The van der Waals surface area contributed by atoms with Crippen molar-refractivity contribution in [2.75, 3.05) is 0 Å². The fourth-order valence-electron chi connectivity index (χ4n) is 6.06. The number of fused-ring (bicyclic) bond motifs is 7. The molecule has 39 heavy (non-hydrogen) atoms. The molecule has 4 heteroatoms. The number of phenolic OH excluding ortho intramolecular Hbond substituents is 1. The number of hydrogen-bond donors (Lipinski definition) is 1. The largest absolute Gasteiger partial charge is 0.507 e. The molecule has 1 aliphatic rings. The predicted molar refractivity (Wildman–Crippen MR) is 157 cm³/mol. The van der Waals surface area contributed by atoms with Gasteiger partial charge in [0.1, 0.15) is 11.6 Å². The Kier molecular flexibility index (Phi) is 4.70. The summed E-state index contributed by atoms with van der Waals surface area (Å²) in [6, 6.07) is 39.2. The van der Waals surface area contributed by atoms with E-state index in [2.05, 4.69) is 65.2 Å². The van der Waals surface area contributed by atoms with Crippen molar-refractivity contribution in [1.29, 1.82) is 0 Å². The number of rotatable bonds is 3. The van der Waals surface area contributed by atoms with Gasteiger partial charge in [-0.2, -0.15) is 0 Å². The summed E-state index contributed by atoms with van der Waals surface area (Å²) in [6.07, 6.45) is 2.80. The van der Waals surface area contributed by atoms with E-state index in [0.717, 1.165) is 45.8 Å². The third-order valence-corrected chi connectivity index (χ3v) is 7.79. The molecule has 4 aromatic carbocycles. The molecule has 7 aromatic rings. The van der Waals surface area contributed by atoms with E-state index < -0.39 is 0 Å². The summed E-state index contributed by atoms with van der Waals surface area (Å²) in [6.45, 7) is 0. The second-order valence-electron chi connectivity index (χ2n) is 10.0. The normalized spacial score (nSPS) is 12.1. The van der Waals surface area contributed by atoms with Crippen molar-refractivity contribution in [3.63, 3.8) is 0 Å². The summed E-state index contributed by atoms with van der Waals surface area (Å²) in [7, 11) is 0. The Morgan fingerprint density at radius 1 is 0.641 bits per heavy atom. The summed E-state index contributed by atoms with van der Waals surface area (Å²) >= 11 is 0. The molecule has 3 aromatic heterocycles. The van der Waals surface area contributed by atoms with Gasteiger partial charge < -0.3 is 5.11 Å². The van der Waals surface area contributed by atoms with Crippen LogP contribution in [0.15, 0.2) is 121 Å². The maximum Gasteiger partial charge on any atom is 0.137 e. The average Bonchev–Trinajstić information content (AvgIpc) is 3.53. The fraction of sp³-hybridized carbons (Fsp3) is 0.0286. The molecule has 8 rings (SSSR count). The number of para-hydroxylation sites is 1. The molecule has 0 fully saturated rings. The zero-order valence-corrected chi connectivity index (χ0v) is 21.0. The van der Waals surface area contributed by atoms with Crippen LogP contribution in [0.25, 0.3) is 61.3 Å². The van der Waals surface area contributed by atoms with Gasteiger partial charge in [0, 0.05) is 28.1 Å². The van der Waals surface area contributed by atoms with E-state index in [9.17, 15) is 5.11 Å². The smallest absolute Gasteiger partial charge is 0.137 e. The SMILES string of the molecule is Oc1ccccc1-c1cccc(-c2ccc3c4c5c(ccc4n(-c4ccccn4)c3c2)Cc2ccccc2-5)n1. The Bertz CT molecular complexity index is 2060. The minimum atomic E-state index is 0.224. The minimum absolute atomic E-state index is 0.224. The van der Waals surface area contributed by atoms with E-state index >= 15 is 0 Å². The Morgan fingerprint density at radius 3 is 2.33 bits per heavy atom. The molecule has 1 aliphatic carbocycles. The van der Waals surface area contributed by atoms with Gasteiger partial charge >= 0.3 is 0 Å². The summed E-state index contributed by atoms with van der Waals surface area (Å²) in [5.74, 6) is 1.11. The maximum absolute atomic E-state index is 10.4. The van der Waals surface area contributed by atoms with Crippen molar-refractivity contribution < 1.29 is 5.11 Å². The molecule has 0 amide bonds. The first-order chi connectivity index (χ1) is 19.3. The predicted octanol–water partition coefficient (Wildman–Crippen LogP) is 8.18. The highest BCUT2D eigenvalue weighted by molar-refractivity contribution is 6.17. The first kappa shape index (κ1) is 21.8. The maximum atomic E-state index is 10.4. The molecular weight excluding hydrogens is 478 g/mol. The molecule has 184 valence electrons. The highest BCUT2D eigenvalue weighted by Crippen LogP contribution is 2.46. The molecule has 0 saturated heterocycles. The highest BCUT2D eigenvalue weighted by Gasteiger charge is 2.25. The average molecular weight is 502 g/mol. The zero-order chi connectivity index (χ0) is 25.9. The molecule has 0 spiro atoms. The summed E-state index contributed by atoms with van der Waals surface area (Å²) in [5, 5.41) is 12.9. The molecule has 0 unspecified atom stereocenters. The molecule has 0 aliphatic heterocycles. The quantitative estimate of drug-likeness (QED) is 0.266. The first-order valence-corrected chi connectivity index (χ1v) is 13.1. The number of benzene rings is 4. The van der Waals surface area contributed by atoms with Gasteiger partial charge in [-0.1, -0.05) is 66.7 Å². The second-order valence-corrected chi connectivity index (χ2v) is 10.0. The van der Waals surface area contributed by atoms with Crippen LogP contribution in [0.5, 0.6) is 5.75 Å². The van der Waals surface area contributed by atoms with Gasteiger partial charge in [-0.05, 0) is 77.2 Å². The van der Waals surface area contributed by atoms with Crippen molar-refractivity contribution in [2.45, 2.75) is 6.42 Å². The Labute approximate surface area is 225 Å². The topological polar surface area (TPSA) is 50.9 Å². The lowest BCUT2D eigenvalue weighted by atomic mass is 9.98. The van der Waals surface area contributed by atoms with Crippen LogP contribution >= 0.6 is 0 Å². The molecule has 0 radical (unpaired) electrons. The van der Waals surface area contributed by atoms with E-state index in [1.807, 2.05) is 54.7 Å². The highest BCUT2D eigenvalue weighted by atomic mass is 16.3. The van der Waals surface area contributed by atoms with E-state index in [1.54, 1.807) is 6.07 Å². The lowest BCUT2D eigenvalue weighted by Crippen LogP contribution is -1.97. The van der Waals surface area contributed by atoms with Crippen molar-refractivity contribution in [1.82, 2.24) is 14.5 Å². The van der Waals surface area contributed by atoms with Gasteiger partial charge in [0.2, 0.25) is 0 Å². The summed E-state index contributed by atoms with van der Waals surface area (Å²) in [4.78, 5) is 9.68. The second kappa shape index (κ2) is 8.40. The molecule has 4 nitrogen and oxygen atoms in total.